The molecule has 142 valence electrons. The zero-order valence-electron chi connectivity index (χ0n) is 14.6. The summed E-state index contributed by atoms with van der Waals surface area (Å²) in [6.07, 6.45) is -4.38. The molecule has 3 nitrogen and oxygen atoms in total. The highest BCUT2D eigenvalue weighted by Gasteiger charge is 2.30. The lowest BCUT2D eigenvalue weighted by molar-refractivity contribution is -0.137. The summed E-state index contributed by atoms with van der Waals surface area (Å²) in [4.78, 5) is 5.28. The van der Waals surface area contributed by atoms with Crippen molar-refractivity contribution in [1.82, 2.24) is 4.57 Å². The molecule has 3 rings (SSSR count). The van der Waals surface area contributed by atoms with Crippen LogP contribution in [-0.4, -0.2) is 16.3 Å². The van der Waals surface area contributed by atoms with E-state index in [0.29, 0.717) is 16.9 Å². The Kier molecular flexibility index (Phi) is 5.82. The molecule has 0 radical (unpaired) electrons. The van der Waals surface area contributed by atoms with Crippen molar-refractivity contribution in [3.05, 3.63) is 75.9 Å². The molecule has 1 N–H and O–H groups in total. The topological polar surface area (TPSA) is 37.5 Å². The second kappa shape index (κ2) is 8.10. The molecule has 3 aromatic rings. The van der Waals surface area contributed by atoms with Crippen molar-refractivity contribution in [2.75, 3.05) is 6.61 Å². The van der Waals surface area contributed by atoms with Gasteiger partial charge in [-0.1, -0.05) is 42.5 Å². The minimum absolute atomic E-state index is 0.0539. The van der Waals surface area contributed by atoms with Gasteiger partial charge in [0.2, 0.25) is 0 Å². The molecule has 0 aliphatic heterocycles. The minimum Gasteiger partial charge on any atom is -0.395 e. The van der Waals surface area contributed by atoms with Crippen LogP contribution in [0.1, 0.15) is 24.1 Å². The van der Waals surface area contributed by atoms with Crippen molar-refractivity contribution in [2.24, 2.45) is 4.99 Å². The summed E-state index contributed by atoms with van der Waals surface area (Å²) in [5, 5.41) is 11.4. The van der Waals surface area contributed by atoms with E-state index in [9.17, 15) is 18.3 Å². The van der Waals surface area contributed by atoms with Gasteiger partial charge in [-0.25, -0.2) is 0 Å². The van der Waals surface area contributed by atoms with Crippen LogP contribution in [-0.2, 0) is 12.7 Å². The van der Waals surface area contributed by atoms with Gasteiger partial charge >= 0.3 is 6.18 Å². The number of alkyl halides is 3. The predicted octanol–water partition coefficient (Wildman–Crippen LogP) is 4.89. The fourth-order valence-corrected chi connectivity index (χ4v) is 3.82. The molecular formula is C20H19F3N2OS. The fourth-order valence-electron chi connectivity index (χ4n) is 2.80. The second-order valence-corrected chi connectivity index (χ2v) is 6.91. The standard InChI is InChI=1S/C20H19F3N2OS/c1-14(16-8-5-9-17(12-16)20(21,22)23)24-19-25(10-11-26)18(13-27-19)15-6-3-2-4-7-15/h2-9,12-14,26H,10-11H2,1H3. The molecule has 0 fully saturated rings. The molecule has 0 spiro atoms. The third kappa shape index (κ3) is 4.48. The summed E-state index contributed by atoms with van der Waals surface area (Å²) in [6, 6.07) is 14.5. The summed E-state index contributed by atoms with van der Waals surface area (Å²) in [5.74, 6) is 0. The van der Waals surface area contributed by atoms with Crippen molar-refractivity contribution >= 4 is 11.3 Å². The molecule has 0 saturated carbocycles. The van der Waals surface area contributed by atoms with Gasteiger partial charge in [0, 0.05) is 11.9 Å². The number of aliphatic hydroxyl groups excluding tert-OH is 1. The first-order chi connectivity index (χ1) is 12.9. The van der Waals surface area contributed by atoms with Gasteiger partial charge in [-0.3, -0.25) is 4.99 Å². The average molecular weight is 392 g/mol. The van der Waals surface area contributed by atoms with Gasteiger partial charge in [-0.15, -0.1) is 11.3 Å². The number of aliphatic hydroxyl groups is 1. The Morgan fingerprint density at radius 3 is 2.52 bits per heavy atom. The van der Waals surface area contributed by atoms with Crippen molar-refractivity contribution in [3.8, 4) is 11.3 Å². The summed E-state index contributed by atoms with van der Waals surface area (Å²) in [7, 11) is 0. The Morgan fingerprint density at radius 2 is 1.85 bits per heavy atom. The van der Waals surface area contributed by atoms with E-state index in [2.05, 4.69) is 4.99 Å². The first kappa shape index (κ1) is 19.4. The molecular weight excluding hydrogens is 373 g/mol. The number of rotatable bonds is 5. The molecule has 2 aromatic carbocycles. The van der Waals surface area contributed by atoms with Crippen LogP contribution in [0.25, 0.3) is 11.3 Å². The van der Waals surface area contributed by atoms with Gasteiger partial charge in [0.15, 0.2) is 4.80 Å². The minimum atomic E-state index is -4.38. The summed E-state index contributed by atoms with van der Waals surface area (Å²) in [5.41, 5.74) is 1.73. The number of aromatic nitrogens is 1. The zero-order chi connectivity index (χ0) is 19.4. The maximum Gasteiger partial charge on any atom is 0.416 e. The maximum absolute atomic E-state index is 13.0. The van der Waals surface area contributed by atoms with E-state index in [1.807, 2.05) is 40.3 Å². The quantitative estimate of drug-likeness (QED) is 0.660. The number of benzene rings is 2. The van der Waals surface area contributed by atoms with Crippen LogP contribution in [0.4, 0.5) is 13.2 Å². The first-order valence-corrected chi connectivity index (χ1v) is 9.33. The number of thiazole rings is 1. The summed E-state index contributed by atoms with van der Waals surface area (Å²) in [6.45, 7) is 2.07. The van der Waals surface area contributed by atoms with Crippen LogP contribution in [0.2, 0.25) is 0 Å². The molecule has 27 heavy (non-hydrogen) atoms. The van der Waals surface area contributed by atoms with E-state index in [1.165, 1.54) is 17.4 Å². The van der Waals surface area contributed by atoms with Gasteiger partial charge in [-0.2, -0.15) is 13.2 Å². The number of halogens is 3. The van der Waals surface area contributed by atoms with Crippen LogP contribution < -0.4 is 4.80 Å². The third-order valence-electron chi connectivity index (χ3n) is 4.19. The molecule has 0 bridgehead atoms. The SMILES string of the molecule is CC(N=c1scc(-c2ccccc2)n1CCO)c1cccc(C(F)(F)F)c1. The van der Waals surface area contributed by atoms with Crippen LogP contribution in [0.15, 0.2) is 65.0 Å². The highest BCUT2D eigenvalue weighted by atomic mass is 32.1. The Morgan fingerprint density at radius 1 is 1.11 bits per heavy atom. The Balaban J connectivity index is 2.01. The largest absolute Gasteiger partial charge is 0.416 e. The van der Waals surface area contributed by atoms with E-state index in [0.717, 1.165) is 23.4 Å². The summed E-state index contributed by atoms with van der Waals surface area (Å²) >= 11 is 1.41. The number of hydrogen-bond acceptors (Lipinski definition) is 3. The van der Waals surface area contributed by atoms with Gasteiger partial charge in [-0.05, 0) is 30.2 Å². The molecule has 0 aliphatic rings. The van der Waals surface area contributed by atoms with E-state index in [-0.39, 0.29) is 6.61 Å². The normalized spacial score (nSPS) is 13.7. The van der Waals surface area contributed by atoms with Crippen molar-refractivity contribution in [2.45, 2.75) is 25.7 Å². The predicted molar refractivity (Wildman–Crippen MR) is 100 cm³/mol. The van der Waals surface area contributed by atoms with Gasteiger partial charge in [0.25, 0.3) is 0 Å². The van der Waals surface area contributed by atoms with E-state index in [1.54, 1.807) is 13.0 Å². The Labute approximate surface area is 159 Å². The van der Waals surface area contributed by atoms with Crippen LogP contribution in [0.5, 0.6) is 0 Å². The molecule has 1 unspecified atom stereocenters. The molecule has 0 aliphatic carbocycles. The van der Waals surface area contributed by atoms with E-state index >= 15 is 0 Å². The maximum atomic E-state index is 13.0. The fraction of sp³-hybridized carbons (Fsp3) is 0.250. The second-order valence-electron chi connectivity index (χ2n) is 6.07. The van der Waals surface area contributed by atoms with Crippen molar-refractivity contribution in [1.29, 1.82) is 0 Å². The lowest BCUT2D eigenvalue weighted by Gasteiger charge is -2.12. The highest BCUT2D eigenvalue weighted by Crippen LogP contribution is 2.31. The Hall–Kier alpha value is -2.38. The lowest BCUT2D eigenvalue weighted by Crippen LogP contribution is -2.19. The van der Waals surface area contributed by atoms with Crippen molar-refractivity contribution < 1.29 is 18.3 Å². The Bertz CT molecular complexity index is 961. The molecule has 1 heterocycles. The van der Waals surface area contributed by atoms with Gasteiger partial charge in [0.1, 0.15) is 0 Å². The third-order valence-corrected chi connectivity index (χ3v) is 5.07. The highest BCUT2D eigenvalue weighted by molar-refractivity contribution is 7.07. The molecule has 1 atom stereocenters. The van der Waals surface area contributed by atoms with Gasteiger partial charge in [0.05, 0.1) is 23.9 Å². The van der Waals surface area contributed by atoms with E-state index in [4.69, 9.17) is 0 Å². The van der Waals surface area contributed by atoms with Crippen LogP contribution >= 0.6 is 11.3 Å². The lowest BCUT2D eigenvalue weighted by atomic mass is 10.1. The van der Waals surface area contributed by atoms with Crippen LogP contribution in [0, 0.1) is 0 Å². The monoisotopic (exact) mass is 392 g/mol. The molecule has 7 heteroatoms. The molecule has 1 aromatic heterocycles. The van der Waals surface area contributed by atoms with E-state index < -0.39 is 17.8 Å². The number of hydrogen-bond donors (Lipinski definition) is 1. The smallest absolute Gasteiger partial charge is 0.395 e. The molecule has 0 saturated heterocycles. The van der Waals surface area contributed by atoms with Gasteiger partial charge < -0.3 is 9.67 Å². The average Bonchev–Trinajstić information content (AvgIpc) is 3.04. The zero-order valence-corrected chi connectivity index (χ0v) is 15.5. The molecule has 0 amide bonds. The summed E-state index contributed by atoms with van der Waals surface area (Å²) < 4.78 is 40.8. The number of nitrogens with zero attached hydrogens (tertiary/aromatic N) is 2. The first-order valence-electron chi connectivity index (χ1n) is 8.45. The van der Waals surface area contributed by atoms with Crippen LogP contribution in [0.3, 0.4) is 0 Å². The van der Waals surface area contributed by atoms with Crippen molar-refractivity contribution in [3.63, 3.8) is 0 Å².